The molecule has 1 nitrogen and oxygen atoms in total. The van der Waals surface area contributed by atoms with Gasteiger partial charge in [0.25, 0.3) is 0 Å². The largest absolute Gasteiger partial charge is 0.309 e. The summed E-state index contributed by atoms with van der Waals surface area (Å²) in [6.07, 6.45) is 5.38. The van der Waals surface area contributed by atoms with E-state index in [-0.39, 0.29) is 0 Å². The fraction of sp³-hybridized carbons (Fsp3) is 0.800. The fourth-order valence-corrected chi connectivity index (χ4v) is 1.90. The lowest BCUT2D eigenvalue weighted by Crippen LogP contribution is -2.24. The highest BCUT2D eigenvalue weighted by atomic mass is 19.1. The monoisotopic (exact) mass is 171 g/mol. The molecule has 0 aromatic carbocycles. The first kappa shape index (κ1) is 9.72. The van der Waals surface area contributed by atoms with Gasteiger partial charge in [-0.15, -0.1) is 0 Å². The van der Waals surface area contributed by atoms with Crippen LogP contribution < -0.4 is 0 Å². The van der Waals surface area contributed by atoms with Crippen molar-refractivity contribution in [3.63, 3.8) is 0 Å². The van der Waals surface area contributed by atoms with Crippen LogP contribution in [-0.4, -0.2) is 25.5 Å². The summed E-state index contributed by atoms with van der Waals surface area (Å²) in [5.74, 6) is 0.471. The molecule has 1 fully saturated rings. The molecule has 1 aliphatic rings. The Bertz CT molecular complexity index is 163. The zero-order chi connectivity index (χ0) is 8.97. The molecule has 0 N–H and O–H groups in total. The average Bonchev–Trinajstić information content (AvgIpc) is 2.04. The summed E-state index contributed by atoms with van der Waals surface area (Å²) in [5.41, 5.74) is 1.02. The SMILES string of the molecule is CN(C)CC1CCCC/C1=C\F. The van der Waals surface area contributed by atoms with Gasteiger partial charge < -0.3 is 4.90 Å². The minimum atomic E-state index is 0.471. The number of hydrogen-bond donors (Lipinski definition) is 0. The van der Waals surface area contributed by atoms with Crippen molar-refractivity contribution < 1.29 is 4.39 Å². The maximum Gasteiger partial charge on any atom is 0.0862 e. The predicted molar refractivity (Wildman–Crippen MR) is 49.7 cm³/mol. The van der Waals surface area contributed by atoms with Crippen LogP contribution in [0.25, 0.3) is 0 Å². The first-order valence-corrected chi connectivity index (χ1v) is 4.68. The topological polar surface area (TPSA) is 3.24 Å². The molecule has 1 atom stereocenters. The Hall–Kier alpha value is -0.370. The Morgan fingerprint density at radius 2 is 2.25 bits per heavy atom. The molecular formula is C10H18FN. The second-order valence-electron chi connectivity index (χ2n) is 3.89. The number of hydrogen-bond acceptors (Lipinski definition) is 1. The molecular weight excluding hydrogens is 153 g/mol. The zero-order valence-electron chi connectivity index (χ0n) is 8.02. The van der Waals surface area contributed by atoms with Gasteiger partial charge in [0.15, 0.2) is 0 Å². The molecule has 1 rings (SSSR count). The van der Waals surface area contributed by atoms with Crippen LogP contribution in [0, 0.1) is 5.92 Å². The highest BCUT2D eigenvalue weighted by Gasteiger charge is 2.19. The van der Waals surface area contributed by atoms with Crippen molar-refractivity contribution in [2.24, 2.45) is 5.92 Å². The Morgan fingerprint density at radius 3 is 2.83 bits per heavy atom. The van der Waals surface area contributed by atoms with Gasteiger partial charge in [0, 0.05) is 6.54 Å². The molecule has 0 heterocycles. The Labute approximate surface area is 74.3 Å². The first-order valence-electron chi connectivity index (χ1n) is 4.68. The van der Waals surface area contributed by atoms with E-state index in [4.69, 9.17) is 0 Å². The van der Waals surface area contributed by atoms with Gasteiger partial charge in [0.1, 0.15) is 0 Å². The minimum absolute atomic E-state index is 0.471. The molecule has 0 bridgehead atoms. The molecule has 70 valence electrons. The van der Waals surface area contributed by atoms with E-state index in [0.29, 0.717) is 5.92 Å². The highest BCUT2D eigenvalue weighted by molar-refractivity contribution is 5.06. The molecule has 1 aliphatic carbocycles. The maximum atomic E-state index is 12.4. The minimum Gasteiger partial charge on any atom is -0.309 e. The average molecular weight is 171 g/mol. The van der Waals surface area contributed by atoms with E-state index in [1.165, 1.54) is 12.8 Å². The van der Waals surface area contributed by atoms with E-state index in [0.717, 1.165) is 31.3 Å². The van der Waals surface area contributed by atoms with E-state index < -0.39 is 0 Å². The van der Waals surface area contributed by atoms with Crippen molar-refractivity contribution >= 4 is 0 Å². The van der Waals surface area contributed by atoms with E-state index in [1.54, 1.807) is 0 Å². The van der Waals surface area contributed by atoms with Gasteiger partial charge in [-0.25, -0.2) is 4.39 Å². The van der Waals surface area contributed by atoms with Crippen LogP contribution in [0.4, 0.5) is 4.39 Å². The Morgan fingerprint density at radius 1 is 1.50 bits per heavy atom. The molecule has 0 aliphatic heterocycles. The van der Waals surface area contributed by atoms with Crippen LogP contribution in [0.1, 0.15) is 25.7 Å². The normalized spacial score (nSPS) is 28.3. The standard InChI is InChI=1S/C10H18FN/c1-12(2)8-10-6-4-3-5-9(10)7-11/h7,10H,3-6,8H2,1-2H3/b9-7+. The van der Waals surface area contributed by atoms with Gasteiger partial charge in [-0.2, -0.15) is 0 Å². The van der Waals surface area contributed by atoms with Crippen molar-refractivity contribution in [1.82, 2.24) is 4.90 Å². The van der Waals surface area contributed by atoms with Crippen LogP contribution in [-0.2, 0) is 0 Å². The molecule has 1 saturated carbocycles. The molecule has 0 radical (unpaired) electrons. The van der Waals surface area contributed by atoms with Gasteiger partial charge >= 0.3 is 0 Å². The number of halogens is 1. The smallest absolute Gasteiger partial charge is 0.0862 e. The third kappa shape index (κ3) is 2.59. The quantitative estimate of drug-likeness (QED) is 0.617. The molecule has 0 aromatic heterocycles. The Balaban J connectivity index is 2.48. The maximum absolute atomic E-state index is 12.4. The van der Waals surface area contributed by atoms with Crippen LogP contribution >= 0.6 is 0 Å². The lowest BCUT2D eigenvalue weighted by Gasteiger charge is -2.26. The molecule has 0 spiro atoms. The van der Waals surface area contributed by atoms with Crippen molar-refractivity contribution in [3.8, 4) is 0 Å². The van der Waals surface area contributed by atoms with E-state index in [9.17, 15) is 4.39 Å². The molecule has 2 heteroatoms. The Kier molecular flexibility index (Phi) is 3.73. The summed E-state index contributed by atoms with van der Waals surface area (Å²) >= 11 is 0. The summed E-state index contributed by atoms with van der Waals surface area (Å²) in [5, 5.41) is 0. The highest BCUT2D eigenvalue weighted by Crippen LogP contribution is 2.29. The van der Waals surface area contributed by atoms with Gasteiger partial charge in [-0.05, 0) is 44.8 Å². The lowest BCUT2D eigenvalue weighted by atomic mass is 9.85. The second-order valence-corrected chi connectivity index (χ2v) is 3.89. The van der Waals surface area contributed by atoms with Crippen LogP contribution in [0.3, 0.4) is 0 Å². The first-order chi connectivity index (χ1) is 5.74. The number of rotatable bonds is 2. The molecule has 0 amide bonds. The van der Waals surface area contributed by atoms with Gasteiger partial charge in [-0.1, -0.05) is 6.42 Å². The second kappa shape index (κ2) is 4.61. The summed E-state index contributed by atoms with van der Waals surface area (Å²) < 4.78 is 12.4. The van der Waals surface area contributed by atoms with Crippen LogP contribution in [0.15, 0.2) is 11.9 Å². The van der Waals surface area contributed by atoms with Crippen molar-refractivity contribution in [3.05, 3.63) is 11.9 Å². The lowest BCUT2D eigenvalue weighted by molar-refractivity contribution is 0.310. The van der Waals surface area contributed by atoms with Crippen molar-refractivity contribution in [1.29, 1.82) is 0 Å². The van der Waals surface area contributed by atoms with Gasteiger partial charge in [0.05, 0.1) is 6.33 Å². The number of nitrogens with zero attached hydrogens (tertiary/aromatic N) is 1. The van der Waals surface area contributed by atoms with E-state index >= 15 is 0 Å². The molecule has 1 unspecified atom stereocenters. The van der Waals surface area contributed by atoms with Crippen LogP contribution in [0.2, 0.25) is 0 Å². The summed E-state index contributed by atoms with van der Waals surface area (Å²) in [7, 11) is 4.09. The summed E-state index contributed by atoms with van der Waals surface area (Å²) in [4.78, 5) is 2.14. The van der Waals surface area contributed by atoms with Gasteiger partial charge in [-0.3, -0.25) is 0 Å². The van der Waals surface area contributed by atoms with Crippen molar-refractivity contribution in [2.75, 3.05) is 20.6 Å². The van der Waals surface area contributed by atoms with E-state index in [2.05, 4.69) is 4.90 Å². The molecule has 0 saturated heterocycles. The molecule has 12 heavy (non-hydrogen) atoms. The third-order valence-corrected chi connectivity index (χ3v) is 2.52. The predicted octanol–water partition coefficient (Wildman–Crippen LogP) is 2.59. The molecule has 0 aromatic rings. The fourth-order valence-electron chi connectivity index (χ4n) is 1.90. The summed E-state index contributed by atoms with van der Waals surface area (Å²) in [6, 6.07) is 0. The van der Waals surface area contributed by atoms with Gasteiger partial charge in [0.2, 0.25) is 0 Å². The van der Waals surface area contributed by atoms with Crippen LogP contribution in [0.5, 0.6) is 0 Å². The van der Waals surface area contributed by atoms with E-state index in [1.807, 2.05) is 14.1 Å². The summed E-state index contributed by atoms with van der Waals surface area (Å²) in [6.45, 7) is 0.996. The zero-order valence-corrected chi connectivity index (χ0v) is 8.02. The van der Waals surface area contributed by atoms with Crippen molar-refractivity contribution in [2.45, 2.75) is 25.7 Å². The third-order valence-electron chi connectivity index (χ3n) is 2.52.